The van der Waals surface area contributed by atoms with Gasteiger partial charge in [0, 0.05) is 0 Å². The van der Waals surface area contributed by atoms with Crippen molar-refractivity contribution < 1.29 is 9.47 Å². The highest BCUT2D eigenvalue weighted by atomic mass is 16.5. The predicted octanol–water partition coefficient (Wildman–Crippen LogP) is 4.33. The zero-order valence-corrected chi connectivity index (χ0v) is 14.4. The van der Waals surface area contributed by atoms with Gasteiger partial charge in [0.05, 0.1) is 24.9 Å². The third kappa shape index (κ3) is 5.68. The summed E-state index contributed by atoms with van der Waals surface area (Å²) in [6.45, 7) is 11.8. The van der Waals surface area contributed by atoms with Gasteiger partial charge in [0.25, 0.3) is 0 Å². The Bertz CT molecular complexity index is 400. The monoisotopic (exact) mass is 293 g/mol. The Morgan fingerprint density at radius 1 is 1.14 bits per heavy atom. The van der Waals surface area contributed by atoms with Crippen molar-refractivity contribution in [1.29, 1.82) is 0 Å². The normalized spacial score (nSPS) is 14.8. The highest BCUT2D eigenvalue weighted by Crippen LogP contribution is 2.26. The molecule has 0 radical (unpaired) electrons. The quantitative estimate of drug-likeness (QED) is 0.735. The lowest BCUT2D eigenvalue weighted by Gasteiger charge is -2.33. The summed E-state index contributed by atoms with van der Waals surface area (Å²) in [7, 11) is 1.69. The minimum Gasteiger partial charge on any atom is -0.497 e. The zero-order chi connectivity index (χ0) is 15.9. The summed E-state index contributed by atoms with van der Waals surface area (Å²) < 4.78 is 11.5. The molecule has 3 heteroatoms. The van der Waals surface area contributed by atoms with Crippen LogP contribution < -0.4 is 10.1 Å². The van der Waals surface area contributed by atoms with E-state index in [1.165, 1.54) is 5.56 Å². The van der Waals surface area contributed by atoms with Gasteiger partial charge in [-0.1, -0.05) is 26.0 Å². The molecule has 1 aromatic rings. The van der Waals surface area contributed by atoms with E-state index in [4.69, 9.17) is 9.47 Å². The molecular formula is C18H31NO2. The molecule has 3 nitrogen and oxygen atoms in total. The van der Waals surface area contributed by atoms with Crippen molar-refractivity contribution in [3.05, 3.63) is 29.8 Å². The van der Waals surface area contributed by atoms with E-state index in [0.29, 0.717) is 0 Å². The Kier molecular flexibility index (Phi) is 7.20. The van der Waals surface area contributed by atoms with E-state index < -0.39 is 0 Å². The van der Waals surface area contributed by atoms with Crippen molar-refractivity contribution in [2.75, 3.05) is 13.7 Å². The van der Waals surface area contributed by atoms with Crippen molar-refractivity contribution in [2.24, 2.45) is 0 Å². The van der Waals surface area contributed by atoms with Crippen LogP contribution in [-0.2, 0) is 4.74 Å². The van der Waals surface area contributed by atoms with Crippen LogP contribution in [0.15, 0.2) is 24.3 Å². The van der Waals surface area contributed by atoms with Crippen LogP contribution in [0.25, 0.3) is 0 Å². The maximum absolute atomic E-state index is 6.26. The van der Waals surface area contributed by atoms with Gasteiger partial charge in [-0.25, -0.2) is 0 Å². The SMILES string of the molecule is CCCNC(c1ccc(OC)cc1)C(C)OC(C)(C)CC. The fraction of sp³-hybridized carbons (Fsp3) is 0.667. The van der Waals surface area contributed by atoms with Crippen molar-refractivity contribution in [3.63, 3.8) is 0 Å². The first-order chi connectivity index (χ1) is 9.93. The second kappa shape index (κ2) is 8.40. The van der Waals surface area contributed by atoms with E-state index in [2.05, 4.69) is 52.1 Å². The molecule has 0 aliphatic heterocycles. The van der Waals surface area contributed by atoms with Crippen LogP contribution in [-0.4, -0.2) is 25.4 Å². The van der Waals surface area contributed by atoms with Crippen molar-refractivity contribution in [2.45, 2.75) is 65.2 Å². The molecule has 0 fully saturated rings. The minimum absolute atomic E-state index is 0.0992. The molecule has 120 valence electrons. The summed E-state index contributed by atoms with van der Waals surface area (Å²) in [5.41, 5.74) is 1.14. The molecule has 0 saturated heterocycles. The molecule has 1 aromatic carbocycles. The van der Waals surface area contributed by atoms with Gasteiger partial charge in [-0.15, -0.1) is 0 Å². The third-order valence-corrected chi connectivity index (χ3v) is 3.91. The number of rotatable bonds is 9. The average Bonchev–Trinajstić information content (AvgIpc) is 2.48. The molecule has 0 aromatic heterocycles. The number of hydrogen-bond acceptors (Lipinski definition) is 3. The molecule has 0 aliphatic carbocycles. The number of methoxy groups -OCH3 is 1. The maximum atomic E-state index is 6.26. The Balaban J connectivity index is 2.87. The van der Waals surface area contributed by atoms with Gasteiger partial charge >= 0.3 is 0 Å². The molecule has 2 unspecified atom stereocenters. The Hall–Kier alpha value is -1.06. The average molecular weight is 293 g/mol. The van der Waals surface area contributed by atoms with Crippen LogP contribution in [0.1, 0.15) is 59.1 Å². The van der Waals surface area contributed by atoms with Gasteiger partial charge in [0.1, 0.15) is 5.75 Å². The van der Waals surface area contributed by atoms with Gasteiger partial charge in [-0.05, 0) is 57.9 Å². The van der Waals surface area contributed by atoms with Gasteiger partial charge in [0.15, 0.2) is 0 Å². The van der Waals surface area contributed by atoms with E-state index in [0.717, 1.165) is 25.1 Å². The highest BCUT2D eigenvalue weighted by Gasteiger charge is 2.26. The lowest BCUT2D eigenvalue weighted by molar-refractivity contribution is -0.0799. The molecule has 21 heavy (non-hydrogen) atoms. The van der Waals surface area contributed by atoms with Crippen LogP contribution in [0, 0.1) is 0 Å². The molecule has 1 rings (SSSR count). The van der Waals surface area contributed by atoms with Crippen LogP contribution in [0.3, 0.4) is 0 Å². The third-order valence-electron chi connectivity index (χ3n) is 3.91. The molecule has 1 N–H and O–H groups in total. The Morgan fingerprint density at radius 3 is 2.24 bits per heavy atom. The summed E-state index contributed by atoms with van der Waals surface area (Å²) in [5.74, 6) is 0.885. The number of nitrogens with one attached hydrogen (secondary N) is 1. The van der Waals surface area contributed by atoms with Crippen molar-refractivity contribution in [3.8, 4) is 5.75 Å². The molecule has 0 bridgehead atoms. The second-order valence-electron chi connectivity index (χ2n) is 6.14. The number of ether oxygens (including phenoxy) is 2. The second-order valence-corrected chi connectivity index (χ2v) is 6.14. The Morgan fingerprint density at radius 2 is 1.76 bits per heavy atom. The highest BCUT2D eigenvalue weighted by molar-refractivity contribution is 5.29. The van der Waals surface area contributed by atoms with E-state index in [1.54, 1.807) is 7.11 Å². The van der Waals surface area contributed by atoms with Gasteiger partial charge in [-0.2, -0.15) is 0 Å². The topological polar surface area (TPSA) is 30.5 Å². The summed E-state index contributed by atoms with van der Waals surface area (Å²) in [4.78, 5) is 0. The molecular weight excluding hydrogens is 262 g/mol. The fourth-order valence-corrected chi connectivity index (χ4v) is 2.32. The van der Waals surface area contributed by atoms with Gasteiger partial charge in [-0.3, -0.25) is 0 Å². The van der Waals surface area contributed by atoms with E-state index in [9.17, 15) is 0 Å². The predicted molar refractivity (Wildman–Crippen MR) is 88.9 cm³/mol. The van der Waals surface area contributed by atoms with E-state index >= 15 is 0 Å². The molecule has 0 saturated carbocycles. The van der Waals surface area contributed by atoms with E-state index in [-0.39, 0.29) is 17.7 Å². The number of hydrogen-bond donors (Lipinski definition) is 1. The van der Waals surface area contributed by atoms with Crippen molar-refractivity contribution >= 4 is 0 Å². The summed E-state index contributed by atoms with van der Waals surface area (Å²) in [6, 6.07) is 8.44. The lowest BCUT2D eigenvalue weighted by Crippen LogP contribution is -2.38. The van der Waals surface area contributed by atoms with Gasteiger partial charge in [0.2, 0.25) is 0 Å². The van der Waals surface area contributed by atoms with E-state index in [1.807, 2.05) is 12.1 Å². The lowest BCUT2D eigenvalue weighted by atomic mass is 10.00. The summed E-state index contributed by atoms with van der Waals surface area (Å²) >= 11 is 0. The minimum atomic E-state index is -0.0992. The largest absolute Gasteiger partial charge is 0.497 e. The van der Waals surface area contributed by atoms with Crippen molar-refractivity contribution in [1.82, 2.24) is 5.32 Å². The standard InChI is InChI=1S/C18H31NO2/c1-7-13-19-17(14(3)21-18(4,5)8-2)15-9-11-16(20-6)12-10-15/h9-12,14,17,19H,7-8,13H2,1-6H3. The first-order valence-corrected chi connectivity index (χ1v) is 7.98. The fourth-order valence-electron chi connectivity index (χ4n) is 2.32. The molecule has 2 atom stereocenters. The summed E-state index contributed by atoms with van der Waals surface area (Å²) in [5, 5.41) is 3.60. The first kappa shape index (κ1) is 18.0. The maximum Gasteiger partial charge on any atom is 0.118 e. The van der Waals surface area contributed by atoms with Crippen LogP contribution in [0.5, 0.6) is 5.75 Å². The molecule has 0 heterocycles. The van der Waals surface area contributed by atoms with Crippen LogP contribution >= 0.6 is 0 Å². The zero-order valence-electron chi connectivity index (χ0n) is 14.4. The van der Waals surface area contributed by atoms with Gasteiger partial charge < -0.3 is 14.8 Å². The summed E-state index contributed by atoms with van der Waals surface area (Å²) in [6.07, 6.45) is 2.22. The Labute approximate surface area is 130 Å². The molecule has 0 spiro atoms. The van der Waals surface area contributed by atoms with Crippen LogP contribution in [0.2, 0.25) is 0 Å². The molecule has 0 aliphatic rings. The molecule has 0 amide bonds. The number of benzene rings is 1. The smallest absolute Gasteiger partial charge is 0.118 e. The first-order valence-electron chi connectivity index (χ1n) is 7.98. The van der Waals surface area contributed by atoms with Crippen LogP contribution in [0.4, 0.5) is 0 Å².